The van der Waals surface area contributed by atoms with Crippen LogP contribution in [-0.4, -0.2) is 0 Å². The van der Waals surface area contributed by atoms with Gasteiger partial charge in [-0.25, -0.2) is 0 Å². The number of anilines is 1. The van der Waals surface area contributed by atoms with Crippen molar-refractivity contribution in [3.63, 3.8) is 0 Å². The van der Waals surface area contributed by atoms with Gasteiger partial charge in [0.25, 0.3) is 0 Å². The monoisotopic (exact) mass is 359 g/mol. The van der Waals surface area contributed by atoms with E-state index in [1.165, 1.54) is 0 Å². The Bertz CT molecular complexity index is 513. The Morgan fingerprint density at radius 3 is 2.47 bits per heavy atom. The molecule has 0 aliphatic carbocycles. The third-order valence-corrected chi connectivity index (χ3v) is 3.36. The summed E-state index contributed by atoms with van der Waals surface area (Å²) in [6, 6.07) is 13.2. The molecule has 0 aliphatic rings. The van der Waals surface area contributed by atoms with Gasteiger partial charge in [-0.3, -0.25) is 0 Å². The normalized spacial score (nSPS) is 10.2. The highest BCUT2D eigenvalue weighted by Gasteiger charge is 2.01. The molecule has 0 radical (unpaired) electrons. The molecule has 0 atom stereocenters. The highest BCUT2D eigenvalue weighted by atomic mass is 127. The first-order valence-corrected chi connectivity index (χ1v) is 6.53. The van der Waals surface area contributed by atoms with Gasteiger partial charge in [0.15, 0.2) is 0 Å². The van der Waals surface area contributed by atoms with Crippen LogP contribution in [0.3, 0.4) is 0 Å². The van der Waals surface area contributed by atoms with Gasteiger partial charge < -0.3 is 10.5 Å². The highest BCUT2D eigenvalue weighted by molar-refractivity contribution is 14.1. The van der Waals surface area contributed by atoms with Crippen LogP contribution in [0.2, 0.25) is 5.02 Å². The fourth-order valence-electron chi connectivity index (χ4n) is 1.38. The summed E-state index contributed by atoms with van der Waals surface area (Å²) in [4.78, 5) is 0. The van der Waals surface area contributed by atoms with Crippen LogP contribution in [0.15, 0.2) is 42.5 Å². The minimum Gasteiger partial charge on any atom is -0.488 e. The van der Waals surface area contributed by atoms with Crippen molar-refractivity contribution in [2.75, 3.05) is 5.73 Å². The molecule has 88 valence electrons. The average molecular weight is 360 g/mol. The van der Waals surface area contributed by atoms with Gasteiger partial charge in [0, 0.05) is 10.7 Å². The highest BCUT2D eigenvalue weighted by Crippen LogP contribution is 2.24. The average Bonchev–Trinajstić information content (AvgIpc) is 2.30. The molecule has 2 N–H and O–H groups in total. The Balaban J connectivity index is 2.04. The number of hydrogen-bond donors (Lipinski definition) is 1. The minimum absolute atomic E-state index is 0.525. The van der Waals surface area contributed by atoms with E-state index in [0.29, 0.717) is 6.61 Å². The van der Waals surface area contributed by atoms with Crippen molar-refractivity contribution in [3.8, 4) is 5.75 Å². The van der Waals surface area contributed by atoms with Gasteiger partial charge in [-0.05, 0) is 58.5 Å². The largest absolute Gasteiger partial charge is 0.488 e. The third-order valence-electron chi connectivity index (χ3n) is 2.26. The van der Waals surface area contributed by atoms with Crippen LogP contribution in [-0.2, 0) is 6.61 Å². The first kappa shape index (κ1) is 12.5. The number of rotatable bonds is 3. The second kappa shape index (κ2) is 5.60. The molecule has 2 aromatic carbocycles. The summed E-state index contributed by atoms with van der Waals surface area (Å²) < 4.78 is 6.72. The Hall–Kier alpha value is -0.940. The molecule has 0 aromatic heterocycles. The van der Waals surface area contributed by atoms with Crippen molar-refractivity contribution >= 4 is 39.9 Å². The molecule has 0 aliphatic heterocycles. The van der Waals surface area contributed by atoms with E-state index < -0.39 is 0 Å². The molecule has 2 rings (SSSR count). The Morgan fingerprint density at radius 2 is 1.82 bits per heavy atom. The quantitative estimate of drug-likeness (QED) is 0.661. The van der Waals surface area contributed by atoms with E-state index >= 15 is 0 Å². The van der Waals surface area contributed by atoms with Gasteiger partial charge in [0.2, 0.25) is 0 Å². The zero-order valence-electron chi connectivity index (χ0n) is 8.99. The maximum absolute atomic E-state index is 5.82. The van der Waals surface area contributed by atoms with Crippen LogP contribution in [0.25, 0.3) is 0 Å². The molecule has 17 heavy (non-hydrogen) atoms. The Kier molecular flexibility index (Phi) is 4.12. The molecule has 0 heterocycles. The van der Waals surface area contributed by atoms with Crippen molar-refractivity contribution in [2.24, 2.45) is 0 Å². The second-order valence-corrected chi connectivity index (χ2v) is 5.20. The molecule has 0 bridgehead atoms. The van der Waals surface area contributed by atoms with Crippen LogP contribution in [0, 0.1) is 3.57 Å². The topological polar surface area (TPSA) is 35.2 Å². The maximum Gasteiger partial charge on any atom is 0.133 e. The van der Waals surface area contributed by atoms with E-state index in [-0.39, 0.29) is 0 Å². The molecule has 4 heteroatoms. The van der Waals surface area contributed by atoms with Crippen LogP contribution in [0.5, 0.6) is 5.75 Å². The van der Waals surface area contributed by atoms with Crippen molar-refractivity contribution in [1.82, 2.24) is 0 Å². The van der Waals surface area contributed by atoms with Crippen molar-refractivity contribution in [2.45, 2.75) is 6.61 Å². The lowest BCUT2D eigenvalue weighted by atomic mass is 10.2. The molecule has 0 unspecified atom stereocenters. The maximum atomic E-state index is 5.82. The molecular weight excluding hydrogens is 349 g/mol. The summed E-state index contributed by atoms with van der Waals surface area (Å²) in [5.41, 5.74) is 7.51. The van der Waals surface area contributed by atoms with Gasteiger partial charge in [-0.1, -0.05) is 23.7 Å². The Morgan fingerprint density at radius 1 is 1.12 bits per heavy atom. The van der Waals surface area contributed by atoms with Gasteiger partial charge in [0.1, 0.15) is 12.4 Å². The van der Waals surface area contributed by atoms with Crippen molar-refractivity contribution in [3.05, 3.63) is 56.6 Å². The summed E-state index contributed by atoms with van der Waals surface area (Å²) in [6.07, 6.45) is 0. The molecule has 0 saturated heterocycles. The molecule has 2 aromatic rings. The third kappa shape index (κ3) is 3.51. The number of benzene rings is 2. The zero-order chi connectivity index (χ0) is 12.3. The van der Waals surface area contributed by atoms with E-state index in [0.717, 1.165) is 25.6 Å². The van der Waals surface area contributed by atoms with E-state index in [4.69, 9.17) is 22.1 Å². The lowest BCUT2D eigenvalue weighted by Crippen LogP contribution is -1.97. The first-order chi connectivity index (χ1) is 8.15. The molecule has 0 fully saturated rings. The number of ether oxygens (including phenoxy) is 1. The fourth-order valence-corrected chi connectivity index (χ4v) is 2.20. The smallest absolute Gasteiger partial charge is 0.133 e. The lowest BCUT2D eigenvalue weighted by Gasteiger charge is -2.08. The minimum atomic E-state index is 0.525. The summed E-state index contributed by atoms with van der Waals surface area (Å²) >= 11 is 8.02. The first-order valence-electron chi connectivity index (χ1n) is 5.07. The van der Waals surface area contributed by atoms with Crippen LogP contribution < -0.4 is 10.5 Å². The standard InChI is InChI=1S/C13H11ClINO/c14-10-3-1-9(2-4-10)8-17-13-6-5-11(16)7-12(13)15/h1-7H,8,16H2. The van der Waals surface area contributed by atoms with E-state index in [1.54, 1.807) is 0 Å². The van der Waals surface area contributed by atoms with Crippen LogP contribution in [0.4, 0.5) is 5.69 Å². The zero-order valence-corrected chi connectivity index (χ0v) is 11.9. The van der Waals surface area contributed by atoms with E-state index in [9.17, 15) is 0 Å². The van der Waals surface area contributed by atoms with E-state index in [2.05, 4.69) is 22.6 Å². The summed E-state index contributed by atoms with van der Waals surface area (Å²) in [5, 5.41) is 0.732. The van der Waals surface area contributed by atoms with Crippen molar-refractivity contribution < 1.29 is 4.74 Å². The van der Waals surface area contributed by atoms with E-state index in [1.807, 2.05) is 42.5 Å². The SMILES string of the molecule is Nc1ccc(OCc2ccc(Cl)cc2)c(I)c1. The number of halogens is 2. The van der Waals surface area contributed by atoms with Crippen LogP contribution in [0.1, 0.15) is 5.56 Å². The predicted molar refractivity (Wildman–Crippen MR) is 79.4 cm³/mol. The molecule has 0 spiro atoms. The number of nitrogen functional groups attached to an aromatic ring is 1. The number of nitrogens with two attached hydrogens (primary N) is 1. The molecule has 0 amide bonds. The fraction of sp³-hybridized carbons (Fsp3) is 0.0769. The van der Waals surface area contributed by atoms with Gasteiger partial charge in [-0.2, -0.15) is 0 Å². The Labute approximate surface area is 119 Å². The summed E-state index contributed by atoms with van der Waals surface area (Å²) in [5.74, 6) is 0.842. The molecule has 0 saturated carbocycles. The van der Waals surface area contributed by atoms with Gasteiger partial charge in [0.05, 0.1) is 3.57 Å². The van der Waals surface area contributed by atoms with Gasteiger partial charge in [-0.15, -0.1) is 0 Å². The van der Waals surface area contributed by atoms with Gasteiger partial charge >= 0.3 is 0 Å². The number of hydrogen-bond acceptors (Lipinski definition) is 2. The van der Waals surface area contributed by atoms with Crippen molar-refractivity contribution in [1.29, 1.82) is 0 Å². The molecular formula is C13H11ClINO. The second-order valence-electron chi connectivity index (χ2n) is 3.61. The molecule has 2 nitrogen and oxygen atoms in total. The predicted octanol–water partition coefficient (Wildman–Crippen LogP) is 4.11. The lowest BCUT2D eigenvalue weighted by molar-refractivity contribution is 0.304. The summed E-state index contributed by atoms with van der Waals surface area (Å²) in [7, 11) is 0. The summed E-state index contributed by atoms with van der Waals surface area (Å²) in [6.45, 7) is 0.525. The van der Waals surface area contributed by atoms with Crippen LogP contribution >= 0.6 is 34.2 Å².